The van der Waals surface area contributed by atoms with Crippen LogP contribution in [0.2, 0.25) is 0 Å². The molecule has 5 heteroatoms. The minimum atomic E-state index is -4.10. The fourth-order valence-electron chi connectivity index (χ4n) is 0.777. The Labute approximate surface area is 83.1 Å². The van der Waals surface area contributed by atoms with E-state index in [0.717, 1.165) is 0 Å². The molecule has 0 N–H and O–H groups in total. The molecule has 0 saturated heterocycles. The lowest BCUT2D eigenvalue weighted by atomic mass is 10.1. The second-order valence-corrected chi connectivity index (χ2v) is 3.73. The third-order valence-corrected chi connectivity index (χ3v) is 2.14. The van der Waals surface area contributed by atoms with Crippen LogP contribution < -0.4 is 0 Å². The van der Waals surface area contributed by atoms with Crippen LogP contribution >= 0.6 is 15.9 Å². The maximum atomic E-state index is 12.5. The maximum Gasteiger partial charge on any atom is 0.363 e. The summed E-state index contributed by atoms with van der Waals surface area (Å²) in [6, 6.07) is 0. The van der Waals surface area contributed by atoms with Crippen LogP contribution in [-0.4, -0.2) is 10.8 Å². The Hall–Kier alpha value is -0.0600. The van der Waals surface area contributed by atoms with E-state index < -0.39 is 17.2 Å². The largest absolute Gasteiger partial charge is 0.363 e. The molecule has 0 bridgehead atoms. The summed E-state index contributed by atoms with van der Waals surface area (Å²) in [5.74, 6) is -3.96. The zero-order valence-corrected chi connectivity index (χ0v) is 8.59. The number of hydrogen-bond acceptors (Lipinski definition) is 0. The highest BCUT2D eigenvalue weighted by atomic mass is 79.9. The van der Waals surface area contributed by atoms with Crippen molar-refractivity contribution in [1.82, 2.24) is 0 Å². The lowest BCUT2D eigenvalue weighted by molar-refractivity contribution is -0.151. The molecule has 13 heavy (non-hydrogen) atoms. The van der Waals surface area contributed by atoms with Gasteiger partial charge in [0.1, 0.15) is 0 Å². The van der Waals surface area contributed by atoms with E-state index in [9.17, 15) is 17.6 Å². The average molecular weight is 263 g/mol. The molecule has 0 heterocycles. The summed E-state index contributed by atoms with van der Waals surface area (Å²) >= 11 is 1.67. The third kappa shape index (κ3) is 4.64. The van der Waals surface area contributed by atoms with Crippen molar-refractivity contribution < 1.29 is 17.6 Å². The van der Waals surface area contributed by atoms with Gasteiger partial charge >= 0.3 is 10.8 Å². The van der Waals surface area contributed by atoms with E-state index in [2.05, 4.69) is 6.58 Å². The molecule has 0 amide bonds. The van der Waals surface area contributed by atoms with Crippen molar-refractivity contribution in [3.8, 4) is 0 Å². The highest BCUT2D eigenvalue weighted by Crippen LogP contribution is 2.42. The first-order chi connectivity index (χ1) is 5.81. The SMILES string of the molecule is C=CCCCCC(F)(F)C(F)(F)Br. The molecule has 0 rings (SSSR count). The minimum absolute atomic E-state index is 0.0697. The van der Waals surface area contributed by atoms with Crippen molar-refractivity contribution >= 4 is 15.9 Å². The Morgan fingerprint density at radius 2 is 1.69 bits per heavy atom. The Bertz CT molecular complexity index is 162. The molecule has 0 nitrogen and oxygen atoms in total. The lowest BCUT2D eigenvalue weighted by Gasteiger charge is -2.20. The number of alkyl halides is 5. The highest BCUT2D eigenvalue weighted by Gasteiger charge is 2.53. The standard InChI is InChI=1S/C8H11BrF4/c1-2-3-4-5-6-7(10,11)8(9,12)13/h2H,1,3-6H2. The van der Waals surface area contributed by atoms with E-state index in [0.29, 0.717) is 12.8 Å². The summed E-state index contributed by atoms with van der Waals surface area (Å²) < 4.78 is 49.4. The van der Waals surface area contributed by atoms with Gasteiger partial charge in [-0.2, -0.15) is 17.6 Å². The van der Waals surface area contributed by atoms with Crippen molar-refractivity contribution in [3.63, 3.8) is 0 Å². The topological polar surface area (TPSA) is 0 Å². The molecule has 0 aromatic rings. The third-order valence-electron chi connectivity index (χ3n) is 1.56. The van der Waals surface area contributed by atoms with Crippen molar-refractivity contribution in [1.29, 1.82) is 0 Å². The van der Waals surface area contributed by atoms with E-state index in [1.165, 1.54) is 0 Å². The van der Waals surface area contributed by atoms with Gasteiger partial charge in [-0.05, 0) is 35.2 Å². The maximum absolute atomic E-state index is 12.5. The van der Waals surface area contributed by atoms with Gasteiger partial charge in [-0.25, -0.2) is 0 Å². The molecule has 0 aromatic heterocycles. The van der Waals surface area contributed by atoms with Crippen molar-refractivity contribution in [2.45, 2.75) is 36.4 Å². The summed E-state index contributed by atoms with van der Waals surface area (Å²) in [5, 5.41) is 0. The summed E-state index contributed by atoms with van der Waals surface area (Å²) in [6.07, 6.45) is 1.87. The highest BCUT2D eigenvalue weighted by molar-refractivity contribution is 9.10. The van der Waals surface area contributed by atoms with Gasteiger partial charge < -0.3 is 0 Å². The molecule has 0 aromatic carbocycles. The normalized spacial score (nSPS) is 13.0. The van der Waals surface area contributed by atoms with Crippen LogP contribution in [0.25, 0.3) is 0 Å². The first-order valence-corrected chi connectivity index (χ1v) is 4.66. The van der Waals surface area contributed by atoms with Gasteiger partial charge in [0.25, 0.3) is 0 Å². The smallest absolute Gasteiger partial charge is 0.199 e. The number of rotatable bonds is 6. The molecule has 0 atom stereocenters. The van der Waals surface area contributed by atoms with Gasteiger partial charge in [-0.15, -0.1) is 6.58 Å². The van der Waals surface area contributed by atoms with E-state index in [4.69, 9.17) is 0 Å². The zero-order valence-electron chi connectivity index (χ0n) is 7.00. The lowest BCUT2D eigenvalue weighted by Crippen LogP contribution is -2.34. The molecule has 0 spiro atoms. The first-order valence-electron chi connectivity index (χ1n) is 3.86. The van der Waals surface area contributed by atoms with Gasteiger partial charge in [0, 0.05) is 6.42 Å². The molecular formula is C8H11BrF4. The number of unbranched alkanes of at least 4 members (excludes halogenated alkanes) is 2. The van der Waals surface area contributed by atoms with Gasteiger partial charge in [0.15, 0.2) is 0 Å². The van der Waals surface area contributed by atoms with Crippen LogP contribution in [0.4, 0.5) is 17.6 Å². The summed E-state index contributed by atoms with van der Waals surface area (Å²) in [5.41, 5.74) is 0. The number of halogens is 5. The van der Waals surface area contributed by atoms with Crippen LogP contribution in [-0.2, 0) is 0 Å². The summed E-state index contributed by atoms with van der Waals surface area (Å²) in [6.45, 7) is 3.40. The number of hydrogen-bond donors (Lipinski definition) is 0. The van der Waals surface area contributed by atoms with E-state index >= 15 is 0 Å². The molecule has 0 aliphatic rings. The average Bonchev–Trinajstić information content (AvgIpc) is 1.96. The van der Waals surface area contributed by atoms with Crippen LogP contribution in [0.1, 0.15) is 25.7 Å². The van der Waals surface area contributed by atoms with Crippen LogP contribution in [0, 0.1) is 0 Å². The molecule has 0 radical (unpaired) electrons. The minimum Gasteiger partial charge on any atom is -0.199 e. The van der Waals surface area contributed by atoms with Gasteiger partial charge in [-0.3, -0.25) is 0 Å². The first kappa shape index (κ1) is 12.9. The number of allylic oxidation sites excluding steroid dienone is 1. The van der Waals surface area contributed by atoms with Crippen molar-refractivity contribution in [3.05, 3.63) is 12.7 Å². The molecule has 78 valence electrons. The monoisotopic (exact) mass is 262 g/mol. The van der Waals surface area contributed by atoms with Crippen LogP contribution in [0.15, 0.2) is 12.7 Å². The quantitative estimate of drug-likeness (QED) is 0.289. The molecule has 0 saturated carbocycles. The van der Waals surface area contributed by atoms with Crippen LogP contribution in [0.3, 0.4) is 0 Å². The van der Waals surface area contributed by atoms with E-state index in [1.807, 2.05) is 0 Å². The van der Waals surface area contributed by atoms with E-state index in [-0.39, 0.29) is 6.42 Å². The predicted octanol–water partition coefficient (Wildman–Crippen LogP) is 4.36. The molecule has 0 unspecified atom stereocenters. The Balaban J connectivity index is 3.83. The predicted molar refractivity (Wildman–Crippen MR) is 47.5 cm³/mol. The van der Waals surface area contributed by atoms with Crippen LogP contribution in [0.5, 0.6) is 0 Å². The molecule has 0 fully saturated rings. The molecule has 0 aliphatic carbocycles. The van der Waals surface area contributed by atoms with E-state index in [1.54, 1.807) is 22.0 Å². The van der Waals surface area contributed by atoms with Gasteiger partial charge in [0.2, 0.25) is 0 Å². The Morgan fingerprint density at radius 3 is 2.08 bits per heavy atom. The Morgan fingerprint density at radius 1 is 1.15 bits per heavy atom. The second-order valence-electron chi connectivity index (χ2n) is 2.74. The summed E-state index contributed by atoms with van der Waals surface area (Å²) in [7, 11) is 0. The van der Waals surface area contributed by atoms with Crippen molar-refractivity contribution in [2.75, 3.05) is 0 Å². The Kier molecular flexibility index (Phi) is 4.96. The molecular weight excluding hydrogens is 252 g/mol. The fraction of sp³-hybridized carbons (Fsp3) is 0.750. The summed E-state index contributed by atoms with van der Waals surface area (Å²) in [4.78, 5) is -4.10. The van der Waals surface area contributed by atoms with Gasteiger partial charge in [0.05, 0.1) is 0 Å². The fourth-order valence-corrected chi connectivity index (χ4v) is 0.976. The second kappa shape index (κ2) is 4.98. The zero-order chi connectivity index (χ0) is 10.5. The molecule has 0 aliphatic heterocycles. The van der Waals surface area contributed by atoms with Crippen molar-refractivity contribution in [2.24, 2.45) is 0 Å². The van der Waals surface area contributed by atoms with Gasteiger partial charge in [-0.1, -0.05) is 6.08 Å².